The second-order valence-corrected chi connectivity index (χ2v) is 8.21. The van der Waals surface area contributed by atoms with E-state index < -0.39 is 0 Å². The molecule has 0 fully saturated rings. The Morgan fingerprint density at radius 2 is 1.75 bits per heavy atom. The summed E-state index contributed by atoms with van der Waals surface area (Å²) in [5.41, 5.74) is 3.34. The number of ether oxygens (including phenoxy) is 2. The van der Waals surface area contributed by atoms with Crippen molar-refractivity contribution >= 4 is 43.7 Å². The maximum absolute atomic E-state index is 12.7. The minimum Gasteiger partial charge on any atom is -0.488 e. The molecular weight excluding hydrogens is 484 g/mol. The molecule has 0 saturated carbocycles. The summed E-state index contributed by atoms with van der Waals surface area (Å²) in [6, 6.07) is 19.3. The highest BCUT2D eigenvalue weighted by molar-refractivity contribution is 9.10. The predicted octanol–water partition coefficient (Wildman–Crippen LogP) is 6.72. The van der Waals surface area contributed by atoms with E-state index in [9.17, 15) is 4.79 Å². The lowest BCUT2D eigenvalue weighted by Crippen LogP contribution is -1.98. The Hall–Kier alpha value is -2.37. The third-order valence-corrected chi connectivity index (χ3v) is 5.79. The van der Waals surface area contributed by atoms with Crippen LogP contribution in [-0.2, 0) is 6.61 Å². The first-order valence-corrected chi connectivity index (χ1v) is 10.3. The van der Waals surface area contributed by atoms with E-state index in [0.717, 1.165) is 25.6 Å². The van der Waals surface area contributed by atoms with E-state index in [1.165, 1.54) is 0 Å². The van der Waals surface area contributed by atoms with Gasteiger partial charge in [0, 0.05) is 14.5 Å². The van der Waals surface area contributed by atoms with Crippen molar-refractivity contribution < 1.29 is 14.3 Å². The Balaban J connectivity index is 1.58. The summed E-state index contributed by atoms with van der Waals surface area (Å²) in [6.45, 7) is 2.35. The predicted molar refractivity (Wildman–Crippen MR) is 117 cm³/mol. The molecule has 1 heterocycles. The van der Waals surface area contributed by atoms with Crippen LogP contribution in [0.4, 0.5) is 0 Å². The SMILES string of the molecule is Cc1c(OCc2ccc(Br)cc2)ccc2c1O/C(=C\c1ccccc1Br)C2=O. The fourth-order valence-electron chi connectivity index (χ4n) is 3.00. The van der Waals surface area contributed by atoms with Crippen molar-refractivity contribution in [3.63, 3.8) is 0 Å². The molecule has 28 heavy (non-hydrogen) atoms. The summed E-state index contributed by atoms with van der Waals surface area (Å²) in [5.74, 6) is 1.47. The van der Waals surface area contributed by atoms with Gasteiger partial charge < -0.3 is 9.47 Å². The van der Waals surface area contributed by atoms with Gasteiger partial charge in [-0.2, -0.15) is 0 Å². The number of benzene rings is 3. The van der Waals surface area contributed by atoms with Gasteiger partial charge in [0.1, 0.15) is 18.1 Å². The molecule has 0 N–H and O–H groups in total. The van der Waals surface area contributed by atoms with Crippen LogP contribution >= 0.6 is 31.9 Å². The molecule has 0 amide bonds. The molecule has 0 saturated heterocycles. The van der Waals surface area contributed by atoms with Gasteiger partial charge in [0.15, 0.2) is 5.76 Å². The van der Waals surface area contributed by atoms with E-state index in [2.05, 4.69) is 31.9 Å². The Labute approximate surface area is 180 Å². The van der Waals surface area contributed by atoms with Crippen molar-refractivity contribution in [2.45, 2.75) is 13.5 Å². The van der Waals surface area contributed by atoms with Crippen LogP contribution < -0.4 is 9.47 Å². The van der Waals surface area contributed by atoms with Gasteiger partial charge in [-0.25, -0.2) is 0 Å². The Bertz CT molecular complexity index is 1090. The third-order valence-electron chi connectivity index (χ3n) is 4.54. The first-order valence-electron chi connectivity index (χ1n) is 8.72. The zero-order valence-electron chi connectivity index (χ0n) is 15.0. The average Bonchev–Trinajstić information content (AvgIpc) is 3.01. The van der Waals surface area contributed by atoms with Crippen molar-refractivity contribution in [1.82, 2.24) is 0 Å². The third kappa shape index (κ3) is 3.77. The van der Waals surface area contributed by atoms with E-state index in [1.807, 2.05) is 61.5 Å². The lowest BCUT2D eigenvalue weighted by atomic mass is 10.1. The van der Waals surface area contributed by atoms with Crippen molar-refractivity contribution in [3.8, 4) is 11.5 Å². The molecule has 0 radical (unpaired) electrons. The number of Topliss-reactive ketones (excluding diaryl/α,β-unsaturated/α-hetero) is 1. The number of rotatable bonds is 4. The van der Waals surface area contributed by atoms with Gasteiger partial charge in [-0.3, -0.25) is 4.79 Å². The highest BCUT2D eigenvalue weighted by Gasteiger charge is 2.30. The second-order valence-electron chi connectivity index (χ2n) is 6.44. The number of ketones is 1. The fraction of sp³-hybridized carbons (Fsp3) is 0.0870. The summed E-state index contributed by atoms with van der Waals surface area (Å²) < 4.78 is 13.8. The molecule has 3 aromatic carbocycles. The van der Waals surface area contributed by atoms with E-state index in [-0.39, 0.29) is 5.78 Å². The molecule has 0 atom stereocenters. The molecule has 0 aromatic heterocycles. The Kier molecular flexibility index (Phi) is 5.38. The van der Waals surface area contributed by atoms with Crippen LogP contribution in [0.3, 0.4) is 0 Å². The summed E-state index contributed by atoms with van der Waals surface area (Å²) in [5, 5.41) is 0. The maximum atomic E-state index is 12.7. The van der Waals surface area contributed by atoms with Crippen molar-refractivity contribution in [2.24, 2.45) is 0 Å². The molecule has 0 spiro atoms. The quantitative estimate of drug-likeness (QED) is 0.374. The molecule has 140 valence electrons. The van der Waals surface area contributed by atoms with E-state index in [0.29, 0.717) is 29.4 Å². The summed E-state index contributed by atoms with van der Waals surface area (Å²) in [6.07, 6.45) is 1.76. The van der Waals surface area contributed by atoms with Crippen LogP contribution in [0.2, 0.25) is 0 Å². The number of carbonyl (C=O) groups excluding carboxylic acids is 1. The van der Waals surface area contributed by atoms with Gasteiger partial charge >= 0.3 is 0 Å². The minimum atomic E-state index is -0.117. The van der Waals surface area contributed by atoms with Crippen LogP contribution in [0.5, 0.6) is 11.5 Å². The molecule has 1 aliphatic heterocycles. The minimum absolute atomic E-state index is 0.117. The van der Waals surface area contributed by atoms with Crippen LogP contribution in [0.15, 0.2) is 75.4 Å². The van der Waals surface area contributed by atoms with Crippen LogP contribution in [0.1, 0.15) is 27.0 Å². The number of fused-ring (bicyclic) bond motifs is 1. The maximum Gasteiger partial charge on any atom is 0.231 e. The first kappa shape index (κ1) is 19.0. The van der Waals surface area contributed by atoms with Crippen LogP contribution in [0.25, 0.3) is 6.08 Å². The summed E-state index contributed by atoms with van der Waals surface area (Å²) >= 11 is 6.93. The number of hydrogen-bond donors (Lipinski definition) is 0. The van der Waals surface area contributed by atoms with E-state index >= 15 is 0 Å². The van der Waals surface area contributed by atoms with Crippen molar-refractivity contribution in [1.29, 1.82) is 0 Å². The van der Waals surface area contributed by atoms with Gasteiger partial charge in [-0.15, -0.1) is 0 Å². The van der Waals surface area contributed by atoms with Crippen LogP contribution in [0, 0.1) is 6.92 Å². The number of carbonyl (C=O) groups is 1. The van der Waals surface area contributed by atoms with E-state index in [4.69, 9.17) is 9.47 Å². The normalized spacial score (nSPS) is 14.1. The molecule has 4 rings (SSSR count). The van der Waals surface area contributed by atoms with Crippen LogP contribution in [-0.4, -0.2) is 5.78 Å². The Morgan fingerprint density at radius 3 is 2.50 bits per heavy atom. The zero-order chi connectivity index (χ0) is 19.7. The zero-order valence-corrected chi connectivity index (χ0v) is 18.2. The summed E-state index contributed by atoms with van der Waals surface area (Å²) in [4.78, 5) is 12.7. The lowest BCUT2D eigenvalue weighted by Gasteiger charge is -2.11. The van der Waals surface area contributed by atoms with Gasteiger partial charge in [0.05, 0.1) is 5.56 Å². The summed E-state index contributed by atoms with van der Waals surface area (Å²) in [7, 11) is 0. The standard InChI is InChI=1S/C23H16Br2O3/c1-14-20(27-13-15-6-8-17(24)9-7-15)11-10-18-22(26)21(28-23(14)18)12-16-4-2-3-5-19(16)25/h2-12H,13H2,1H3/b21-12-. The molecule has 1 aliphatic rings. The smallest absolute Gasteiger partial charge is 0.231 e. The lowest BCUT2D eigenvalue weighted by molar-refractivity contribution is 0.101. The van der Waals surface area contributed by atoms with Crippen molar-refractivity contribution in [2.75, 3.05) is 0 Å². The van der Waals surface area contributed by atoms with E-state index in [1.54, 1.807) is 12.1 Å². The average molecular weight is 500 g/mol. The highest BCUT2D eigenvalue weighted by Crippen LogP contribution is 2.39. The highest BCUT2D eigenvalue weighted by atomic mass is 79.9. The van der Waals surface area contributed by atoms with Gasteiger partial charge in [0.2, 0.25) is 5.78 Å². The number of halogens is 2. The second kappa shape index (κ2) is 7.94. The van der Waals surface area contributed by atoms with Gasteiger partial charge in [-0.1, -0.05) is 62.2 Å². The molecule has 0 aliphatic carbocycles. The number of hydrogen-bond acceptors (Lipinski definition) is 3. The van der Waals surface area contributed by atoms with Gasteiger partial charge in [0.25, 0.3) is 0 Å². The monoisotopic (exact) mass is 498 g/mol. The van der Waals surface area contributed by atoms with Gasteiger partial charge in [-0.05, 0) is 54.5 Å². The molecule has 5 heteroatoms. The molecule has 0 bridgehead atoms. The Morgan fingerprint density at radius 1 is 1.00 bits per heavy atom. The molecular formula is C23H16Br2O3. The number of allylic oxidation sites excluding steroid dienone is 1. The molecule has 0 unspecified atom stereocenters. The topological polar surface area (TPSA) is 35.5 Å². The molecule has 3 nitrogen and oxygen atoms in total. The largest absolute Gasteiger partial charge is 0.488 e. The van der Waals surface area contributed by atoms with Crippen molar-refractivity contribution in [3.05, 3.63) is 97.6 Å². The fourth-order valence-corrected chi connectivity index (χ4v) is 3.66. The molecule has 3 aromatic rings. The first-order chi connectivity index (χ1) is 13.5.